The lowest BCUT2D eigenvalue weighted by molar-refractivity contribution is -0.122. The third-order valence-corrected chi connectivity index (χ3v) is 4.39. The highest BCUT2D eigenvalue weighted by Gasteiger charge is 2.22. The molecule has 1 aliphatic rings. The van der Waals surface area contributed by atoms with Gasteiger partial charge in [-0.3, -0.25) is 14.5 Å². The first kappa shape index (κ1) is 18.1. The summed E-state index contributed by atoms with van der Waals surface area (Å²) in [6, 6.07) is 3.50. The lowest BCUT2D eigenvalue weighted by Crippen LogP contribution is -2.42. The Hall–Kier alpha value is -2.22. The number of nitrogens with one attached hydrogen (secondary N) is 2. The number of hydrogen-bond donors (Lipinski definition) is 2. The van der Waals surface area contributed by atoms with Crippen molar-refractivity contribution in [2.24, 2.45) is 5.92 Å². The van der Waals surface area contributed by atoms with Gasteiger partial charge in [0.1, 0.15) is 0 Å². The van der Waals surface area contributed by atoms with Gasteiger partial charge in [-0.25, -0.2) is 0 Å². The molecule has 1 aliphatic heterocycles. The molecule has 2 N–H and O–H groups in total. The van der Waals surface area contributed by atoms with Gasteiger partial charge in [0.05, 0.1) is 6.54 Å². The van der Waals surface area contributed by atoms with E-state index in [-0.39, 0.29) is 11.8 Å². The number of carbonyl (C=O) groups is 2. The van der Waals surface area contributed by atoms with E-state index in [0.717, 1.165) is 38.3 Å². The van der Waals surface area contributed by atoms with Gasteiger partial charge in [0.25, 0.3) is 5.91 Å². The molecule has 1 saturated heterocycles. The zero-order valence-corrected chi connectivity index (χ0v) is 14.6. The summed E-state index contributed by atoms with van der Waals surface area (Å²) in [5.41, 5.74) is 0.317. The fourth-order valence-electron chi connectivity index (χ4n) is 2.87. The summed E-state index contributed by atoms with van der Waals surface area (Å²) < 4.78 is 0. The van der Waals surface area contributed by atoms with Crippen LogP contribution in [0.5, 0.6) is 0 Å². The molecule has 0 saturated carbocycles. The molecule has 132 valence electrons. The topological polar surface area (TPSA) is 90.5 Å². The molecule has 1 fully saturated rings. The van der Waals surface area contributed by atoms with Gasteiger partial charge in [-0.2, -0.15) is 0 Å². The van der Waals surface area contributed by atoms with Crippen LogP contribution in [0.25, 0.3) is 0 Å². The second-order valence-corrected chi connectivity index (χ2v) is 6.13. The Labute approximate surface area is 142 Å². The van der Waals surface area contributed by atoms with Crippen molar-refractivity contribution < 1.29 is 9.59 Å². The van der Waals surface area contributed by atoms with E-state index in [1.165, 1.54) is 0 Å². The van der Waals surface area contributed by atoms with Crippen LogP contribution in [0.3, 0.4) is 0 Å². The fourth-order valence-corrected chi connectivity index (χ4v) is 2.87. The molecule has 0 atom stereocenters. The number of aromatic nitrogens is 2. The minimum Gasteiger partial charge on any atom is -0.358 e. The van der Waals surface area contributed by atoms with Crippen molar-refractivity contribution in [2.45, 2.75) is 12.8 Å². The number of anilines is 1. The van der Waals surface area contributed by atoms with Crippen LogP contribution < -0.4 is 15.5 Å². The normalized spacial score (nSPS) is 15.8. The smallest absolute Gasteiger partial charge is 0.271 e. The highest BCUT2D eigenvalue weighted by atomic mass is 16.2. The first-order chi connectivity index (χ1) is 11.5. The van der Waals surface area contributed by atoms with Crippen LogP contribution in [0.1, 0.15) is 23.3 Å². The van der Waals surface area contributed by atoms with E-state index in [2.05, 4.69) is 30.6 Å². The SMILES string of the molecule is CNC(=O)CN1CCC(CN(C)c2ccc(C(=O)NC)nn2)CC1. The summed E-state index contributed by atoms with van der Waals surface area (Å²) >= 11 is 0. The maximum absolute atomic E-state index is 11.5. The number of hydrogen-bond acceptors (Lipinski definition) is 6. The van der Waals surface area contributed by atoms with Crippen molar-refractivity contribution in [3.63, 3.8) is 0 Å². The summed E-state index contributed by atoms with van der Waals surface area (Å²) in [6.45, 7) is 3.24. The van der Waals surface area contributed by atoms with E-state index < -0.39 is 0 Å². The Bertz CT molecular complexity index is 554. The lowest BCUT2D eigenvalue weighted by atomic mass is 9.96. The Morgan fingerprint density at radius 1 is 1.21 bits per heavy atom. The van der Waals surface area contributed by atoms with Crippen LogP contribution in [0.4, 0.5) is 5.82 Å². The Morgan fingerprint density at radius 2 is 1.92 bits per heavy atom. The molecule has 0 aliphatic carbocycles. The maximum Gasteiger partial charge on any atom is 0.271 e. The van der Waals surface area contributed by atoms with Crippen molar-refractivity contribution in [3.8, 4) is 0 Å². The third-order valence-electron chi connectivity index (χ3n) is 4.39. The van der Waals surface area contributed by atoms with Gasteiger partial charge in [-0.15, -0.1) is 10.2 Å². The highest BCUT2D eigenvalue weighted by molar-refractivity contribution is 5.91. The van der Waals surface area contributed by atoms with Crippen molar-refractivity contribution in [2.75, 3.05) is 52.2 Å². The standard InChI is InChI=1S/C16H26N6O2/c1-17-15(23)11-22-8-6-12(7-9-22)10-21(3)14-5-4-13(19-20-14)16(24)18-2/h4-5,12H,6-11H2,1-3H3,(H,17,23)(H,18,24). The van der Waals surface area contributed by atoms with Gasteiger partial charge in [-0.05, 0) is 44.0 Å². The van der Waals surface area contributed by atoms with E-state index >= 15 is 0 Å². The monoisotopic (exact) mass is 334 g/mol. The van der Waals surface area contributed by atoms with Gasteiger partial charge in [0.2, 0.25) is 5.91 Å². The number of carbonyl (C=O) groups excluding carboxylic acids is 2. The number of likely N-dealkylation sites (tertiary alicyclic amines) is 1. The van der Waals surface area contributed by atoms with Gasteiger partial charge < -0.3 is 15.5 Å². The predicted octanol–water partition coefficient (Wildman–Crippen LogP) is -0.270. The zero-order chi connectivity index (χ0) is 17.5. The molecule has 8 heteroatoms. The third kappa shape index (κ3) is 4.89. The predicted molar refractivity (Wildman–Crippen MR) is 91.9 cm³/mol. The minimum absolute atomic E-state index is 0.0667. The molecular formula is C16H26N6O2. The van der Waals surface area contributed by atoms with E-state index in [1.807, 2.05) is 13.1 Å². The summed E-state index contributed by atoms with van der Waals surface area (Å²) in [5.74, 6) is 1.16. The molecular weight excluding hydrogens is 308 g/mol. The quantitative estimate of drug-likeness (QED) is 0.744. The molecule has 2 heterocycles. The summed E-state index contributed by atoms with van der Waals surface area (Å²) in [4.78, 5) is 27.2. The average Bonchev–Trinajstić information content (AvgIpc) is 2.62. The van der Waals surface area contributed by atoms with E-state index in [9.17, 15) is 9.59 Å². The molecule has 1 aromatic rings. The first-order valence-electron chi connectivity index (χ1n) is 8.23. The first-order valence-corrected chi connectivity index (χ1v) is 8.23. The van der Waals surface area contributed by atoms with Crippen molar-refractivity contribution >= 4 is 17.6 Å². The molecule has 0 bridgehead atoms. The zero-order valence-electron chi connectivity index (χ0n) is 14.6. The second-order valence-electron chi connectivity index (χ2n) is 6.13. The van der Waals surface area contributed by atoms with Crippen molar-refractivity contribution in [1.82, 2.24) is 25.7 Å². The highest BCUT2D eigenvalue weighted by Crippen LogP contribution is 2.20. The van der Waals surface area contributed by atoms with Gasteiger partial charge in [0, 0.05) is 27.7 Å². The van der Waals surface area contributed by atoms with E-state index in [1.54, 1.807) is 20.2 Å². The van der Waals surface area contributed by atoms with E-state index in [0.29, 0.717) is 18.2 Å². The average molecular weight is 334 g/mol. The molecule has 0 aromatic carbocycles. The largest absolute Gasteiger partial charge is 0.358 e. The van der Waals surface area contributed by atoms with Crippen molar-refractivity contribution in [1.29, 1.82) is 0 Å². The van der Waals surface area contributed by atoms with Crippen LogP contribution in [0, 0.1) is 5.92 Å². The molecule has 1 aromatic heterocycles. The molecule has 24 heavy (non-hydrogen) atoms. The fraction of sp³-hybridized carbons (Fsp3) is 0.625. The molecule has 0 radical (unpaired) electrons. The van der Waals surface area contributed by atoms with Gasteiger partial charge in [0.15, 0.2) is 11.5 Å². The summed E-state index contributed by atoms with van der Waals surface area (Å²) in [6.07, 6.45) is 2.12. The molecule has 8 nitrogen and oxygen atoms in total. The lowest BCUT2D eigenvalue weighted by Gasteiger charge is -2.33. The Kier molecular flexibility index (Phi) is 6.48. The number of nitrogens with zero attached hydrogens (tertiary/aromatic N) is 4. The molecule has 2 amide bonds. The number of likely N-dealkylation sites (N-methyl/N-ethyl adjacent to an activating group) is 1. The number of amides is 2. The number of piperidine rings is 1. The van der Waals surface area contributed by atoms with Crippen LogP contribution in [-0.4, -0.2) is 74.2 Å². The van der Waals surface area contributed by atoms with Crippen LogP contribution >= 0.6 is 0 Å². The second kappa shape index (κ2) is 8.58. The summed E-state index contributed by atoms with van der Waals surface area (Å²) in [5, 5.41) is 13.3. The van der Waals surface area contributed by atoms with Gasteiger partial charge >= 0.3 is 0 Å². The van der Waals surface area contributed by atoms with E-state index in [4.69, 9.17) is 0 Å². The molecule has 0 spiro atoms. The molecule has 2 rings (SSSR count). The molecule has 0 unspecified atom stereocenters. The number of rotatable bonds is 6. The van der Waals surface area contributed by atoms with Crippen LogP contribution in [-0.2, 0) is 4.79 Å². The van der Waals surface area contributed by atoms with Crippen LogP contribution in [0.2, 0.25) is 0 Å². The van der Waals surface area contributed by atoms with Crippen LogP contribution in [0.15, 0.2) is 12.1 Å². The maximum atomic E-state index is 11.5. The van der Waals surface area contributed by atoms with Gasteiger partial charge in [-0.1, -0.05) is 0 Å². The summed E-state index contributed by atoms with van der Waals surface area (Å²) in [7, 11) is 5.22. The minimum atomic E-state index is -0.236. The van der Waals surface area contributed by atoms with Crippen molar-refractivity contribution in [3.05, 3.63) is 17.8 Å². The Balaban J connectivity index is 1.82. The Morgan fingerprint density at radius 3 is 2.46 bits per heavy atom.